The normalized spacial score (nSPS) is 19.5. The fraction of sp³-hybridized carbons (Fsp3) is 0.500. The summed E-state index contributed by atoms with van der Waals surface area (Å²) in [4.78, 5) is 27.3. The summed E-state index contributed by atoms with van der Waals surface area (Å²) in [5.41, 5.74) is 0.220. The molecule has 1 N–H and O–H groups in total. The molecular formula is C16H22N2O3. The zero-order valence-electron chi connectivity index (χ0n) is 12.7. The number of piperidine rings is 1. The summed E-state index contributed by atoms with van der Waals surface area (Å²) in [7, 11) is 0. The van der Waals surface area contributed by atoms with E-state index in [-0.39, 0.29) is 5.91 Å². The standard InChI is InChI=1S/C16H22N2O3/c1-16(2,3)18(15(20)21)13-10-7-11-17(14(13)19)12-8-5-4-6-9-12/h4-6,8-9,13H,7,10-11H2,1-3H3,(H,20,21). The van der Waals surface area contributed by atoms with Gasteiger partial charge in [0, 0.05) is 17.8 Å². The van der Waals surface area contributed by atoms with E-state index < -0.39 is 17.7 Å². The molecule has 114 valence electrons. The molecule has 0 radical (unpaired) electrons. The van der Waals surface area contributed by atoms with Crippen LogP contribution in [0.2, 0.25) is 0 Å². The van der Waals surface area contributed by atoms with Gasteiger partial charge < -0.3 is 10.0 Å². The number of carbonyl (C=O) groups is 2. The molecule has 2 rings (SSSR count). The van der Waals surface area contributed by atoms with Gasteiger partial charge >= 0.3 is 6.09 Å². The van der Waals surface area contributed by atoms with Crippen LogP contribution in [0.1, 0.15) is 33.6 Å². The van der Waals surface area contributed by atoms with Crippen LogP contribution in [0.15, 0.2) is 30.3 Å². The molecule has 0 aliphatic carbocycles. The summed E-state index contributed by atoms with van der Waals surface area (Å²) in [5, 5.41) is 9.49. The lowest BCUT2D eigenvalue weighted by molar-refractivity contribution is -0.126. The van der Waals surface area contributed by atoms with Gasteiger partial charge in [0.1, 0.15) is 6.04 Å². The summed E-state index contributed by atoms with van der Waals surface area (Å²) >= 11 is 0. The molecule has 1 aromatic carbocycles. The molecule has 2 amide bonds. The van der Waals surface area contributed by atoms with Crippen LogP contribution >= 0.6 is 0 Å². The van der Waals surface area contributed by atoms with E-state index in [4.69, 9.17) is 0 Å². The zero-order valence-corrected chi connectivity index (χ0v) is 12.7. The van der Waals surface area contributed by atoms with Crippen LogP contribution in [0.3, 0.4) is 0 Å². The number of hydrogen-bond donors (Lipinski definition) is 1. The van der Waals surface area contributed by atoms with Crippen molar-refractivity contribution in [3.63, 3.8) is 0 Å². The Morgan fingerprint density at radius 2 is 1.90 bits per heavy atom. The number of carboxylic acid groups (broad SMARTS) is 1. The van der Waals surface area contributed by atoms with E-state index in [0.717, 1.165) is 12.1 Å². The molecule has 0 saturated carbocycles. The van der Waals surface area contributed by atoms with Gasteiger partial charge in [-0.1, -0.05) is 18.2 Å². The predicted molar refractivity (Wildman–Crippen MR) is 81.4 cm³/mol. The SMILES string of the molecule is CC(C)(C)N(C(=O)O)C1CCCN(c2ccccc2)C1=O. The fourth-order valence-electron chi connectivity index (χ4n) is 2.85. The van der Waals surface area contributed by atoms with Gasteiger partial charge in [0.25, 0.3) is 0 Å². The molecule has 0 spiro atoms. The fourth-order valence-corrected chi connectivity index (χ4v) is 2.85. The molecule has 1 aliphatic rings. The average Bonchev–Trinajstić information content (AvgIpc) is 2.40. The summed E-state index contributed by atoms with van der Waals surface area (Å²) in [6.45, 7) is 6.08. The van der Waals surface area contributed by atoms with Crippen molar-refractivity contribution in [2.24, 2.45) is 0 Å². The van der Waals surface area contributed by atoms with Crippen molar-refractivity contribution >= 4 is 17.7 Å². The van der Waals surface area contributed by atoms with E-state index in [2.05, 4.69) is 0 Å². The molecule has 0 bridgehead atoms. The topological polar surface area (TPSA) is 60.9 Å². The second-order valence-corrected chi connectivity index (χ2v) is 6.31. The lowest BCUT2D eigenvalue weighted by atomic mass is 9.96. The molecule has 1 atom stereocenters. The number of hydrogen-bond acceptors (Lipinski definition) is 2. The van der Waals surface area contributed by atoms with Crippen molar-refractivity contribution in [2.45, 2.75) is 45.2 Å². The monoisotopic (exact) mass is 290 g/mol. The lowest BCUT2D eigenvalue weighted by Gasteiger charge is -2.43. The van der Waals surface area contributed by atoms with Crippen molar-refractivity contribution in [2.75, 3.05) is 11.4 Å². The number of benzene rings is 1. The highest BCUT2D eigenvalue weighted by molar-refractivity contribution is 5.99. The highest BCUT2D eigenvalue weighted by atomic mass is 16.4. The highest BCUT2D eigenvalue weighted by Gasteiger charge is 2.41. The quantitative estimate of drug-likeness (QED) is 0.911. The Morgan fingerprint density at radius 1 is 1.29 bits per heavy atom. The number of para-hydroxylation sites is 1. The summed E-state index contributed by atoms with van der Waals surface area (Å²) < 4.78 is 0. The Morgan fingerprint density at radius 3 is 2.43 bits per heavy atom. The van der Waals surface area contributed by atoms with Gasteiger partial charge in [0.05, 0.1) is 0 Å². The first kappa shape index (κ1) is 15.4. The average molecular weight is 290 g/mol. The predicted octanol–water partition coefficient (Wildman–Crippen LogP) is 2.96. The third-order valence-electron chi connectivity index (χ3n) is 3.72. The number of amides is 2. The Hall–Kier alpha value is -2.04. The molecule has 1 aromatic rings. The van der Waals surface area contributed by atoms with E-state index in [1.54, 1.807) is 4.90 Å². The maximum atomic E-state index is 12.7. The van der Waals surface area contributed by atoms with Gasteiger partial charge in [-0.05, 0) is 45.7 Å². The molecule has 1 saturated heterocycles. The Labute approximate surface area is 125 Å². The smallest absolute Gasteiger partial charge is 0.408 e. The summed E-state index contributed by atoms with van der Waals surface area (Å²) in [6.07, 6.45) is 0.326. The second-order valence-electron chi connectivity index (χ2n) is 6.31. The van der Waals surface area contributed by atoms with Crippen molar-refractivity contribution in [3.05, 3.63) is 30.3 Å². The van der Waals surface area contributed by atoms with Gasteiger partial charge in [-0.2, -0.15) is 0 Å². The number of rotatable bonds is 2. The van der Waals surface area contributed by atoms with Crippen LogP contribution in [0.4, 0.5) is 10.5 Å². The van der Waals surface area contributed by atoms with Gasteiger partial charge in [0.2, 0.25) is 5.91 Å². The van der Waals surface area contributed by atoms with Crippen LogP contribution < -0.4 is 4.90 Å². The maximum absolute atomic E-state index is 12.7. The molecule has 0 aromatic heterocycles. The zero-order chi connectivity index (χ0) is 15.6. The minimum Gasteiger partial charge on any atom is -0.465 e. The maximum Gasteiger partial charge on any atom is 0.408 e. The molecular weight excluding hydrogens is 268 g/mol. The number of anilines is 1. The van der Waals surface area contributed by atoms with Gasteiger partial charge in [-0.3, -0.25) is 9.69 Å². The van der Waals surface area contributed by atoms with Crippen LogP contribution in [-0.4, -0.2) is 40.1 Å². The van der Waals surface area contributed by atoms with E-state index in [0.29, 0.717) is 13.0 Å². The second kappa shape index (κ2) is 5.76. The minimum absolute atomic E-state index is 0.134. The van der Waals surface area contributed by atoms with Gasteiger partial charge in [-0.25, -0.2) is 4.79 Å². The van der Waals surface area contributed by atoms with Crippen molar-refractivity contribution in [3.8, 4) is 0 Å². The van der Waals surface area contributed by atoms with Crippen LogP contribution in [0, 0.1) is 0 Å². The van der Waals surface area contributed by atoms with Crippen LogP contribution in [0.5, 0.6) is 0 Å². The van der Waals surface area contributed by atoms with E-state index >= 15 is 0 Å². The molecule has 1 aliphatic heterocycles. The summed E-state index contributed by atoms with van der Waals surface area (Å²) in [6, 6.07) is 8.80. The number of nitrogens with zero attached hydrogens (tertiary/aromatic N) is 2. The van der Waals surface area contributed by atoms with Crippen molar-refractivity contribution < 1.29 is 14.7 Å². The molecule has 5 heteroatoms. The molecule has 1 heterocycles. The van der Waals surface area contributed by atoms with Crippen LogP contribution in [-0.2, 0) is 4.79 Å². The van der Waals surface area contributed by atoms with E-state index in [1.807, 2.05) is 51.1 Å². The Bertz CT molecular complexity index is 522. The van der Waals surface area contributed by atoms with E-state index in [1.165, 1.54) is 4.90 Å². The van der Waals surface area contributed by atoms with Gasteiger partial charge in [0.15, 0.2) is 0 Å². The third kappa shape index (κ3) is 3.17. The Kier molecular flexibility index (Phi) is 4.21. The van der Waals surface area contributed by atoms with Crippen LogP contribution in [0.25, 0.3) is 0 Å². The molecule has 1 unspecified atom stereocenters. The molecule has 21 heavy (non-hydrogen) atoms. The van der Waals surface area contributed by atoms with Crippen molar-refractivity contribution in [1.82, 2.24) is 4.90 Å². The highest BCUT2D eigenvalue weighted by Crippen LogP contribution is 2.27. The summed E-state index contributed by atoms with van der Waals surface area (Å²) in [5.74, 6) is -0.134. The lowest BCUT2D eigenvalue weighted by Crippen LogP contribution is -2.59. The molecule has 1 fully saturated rings. The Balaban J connectivity index is 2.29. The van der Waals surface area contributed by atoms with E-state index in [9.17, 15) is 14.7 Å². The molecule has 5 nitrogen and oxygen atoms in total. The van der Waals surface area contributed by atoms with Crippen molar-refractivity contribution in [1.29, 1.82) is 0 Å². The third-order valence-corrected chi connectivity index (χ3v) is 3.72. The minimum atomic E-state index is -1.05. The first-order valence-corrected chi connectivity index (χ1v) is 7.21. The van der Waals surface area contributed by atoms with Gasteiger partial charge in [-0.15, -0.1) is 0 Å². The first-order valence-electron chi connectivity index (χ1n) is 7.21. The largest absolute Gasteiger partial charge is 0.465 e. The first-order chi connectivity index (χ1) is 9.82. The number of carbonyl (C=O) groups excluding carboxylic acids is 1.